The van der Waals surface area contributed by atoms with Crippen LogP contribution in [0.3, 0.4) is 0 Å². The summed E-state index contributed by atoms with van der Waals surface area (Å²) in [6.07, 6.45) is 0.450. The molecule has 0 radical (unpaired) electrons. The molecule has 1 heterocycles. The molecular weight excluding hydrogens is 244 g/mol. The van der Waals surface area contributed by atoms with Gasteiger partial charge in [0.1, 0.15) is 23.6 Å². The fourth-order valence-corrected chi connectivity index (χ4v) is 3.00. The first-order chi connectivity index (χ1) is 8.13. The van der Waals surface area contributed by atoms with Gasteiger partial charge in [-0.15, -0.1) is 0 Å². The van der Waals surface area contributed by atoms with Gasteiger partial charge in [0, 0.05) is 29.7 Å². The Morgan fingerprint density at radius 1 is 1.41 bits per heavy atom. The van der Waals surface area contributed by atoms with Crippen LogP contribution in [-0.4, -0.2) is 30.4 Å². The lowest BCUT2D eigenvalue weighted by molar-refractivity contribution is 0.112. The number of rotatable bonds is 2. The standard InChI is InChI=1S/C12H13F2NOS/c1-8-7-17-3-2-15(8)12-10(13)4-9(6-16)5-11(12)14/h4-6,8H,2-3,7H2,1H3. The SMILES string of the molecule is CC1CSCCN1c1c(F)cc(C=O)cc1F. The summed E-state index contributed by atoms with van der Waals surface area (Å²) in [6.45, 7) is 2.57. The van der Waals surface area contributed by atoms with E-state index in [2.05, 4.69) is 0 Å². The van der Waals surface area contributed by atoms with Gasteiger partial charge < -0.3 is 4.90 Å². The third-order valence-electron chi connectivity index (χ3n) is 2.83. The largest absolute Gasteiger partial charge is 0.362 e. The van der Waals surface area contributed by atoms with Crippen LogP contribution in [0.5, 0.6) is 0 Å². The second-order valence-electron chi connectivity index (χ2n) is 4.07. The molecule has 0 aromatic heterocycles. The number of hydrogen-bond acceptors (Lipinski definition) is 3. The zero-order valence-electron chi connectivity index (χ0n) is 9.45. The molecule has 2 nitrogen and oxygen atoms in total. The smallest absolute Gasteiger partial charge is 0.150 e. The minimum atomic E-state index is -0.661. The summed E-state index contributed by atoms with van der Waals surface area (Å²) in [5, 5.41) is 0. The van der Waals surface area contributed by atoms with Crippen LogP contribution in [-0.2, 0) is 0 Å². The molecule has 2 rings (SSSR count). The molecule has 17 heavy (non-hydrogen) atoms. The van der Waals surface area contributed by atoms with Crippen molar-refractivity contribution in [2.75, 3.05) is 23.0 Å². The average Bonchev–Trinajstić information content (AvgIpc) is 2.30. The molecule has 1 aromatic rings. The second kappa shape index (κ2) is 5.04. The number of carbonyl (C=O) groups excluding carboxylic acids is 1. The fraction of sp³-hybridized carbons (Fsp3) is 0.417. The van der Waals surface area contributed by atoms with Crippen LogP contribution in [0, 0.1) is 11.6 Å². The van der Waals surface area contributed by atoms with Gasteiger partial charge in [0.25, 0.3) is 0 Å². The van der Waals surface area contributed by atoms with Gasteiger partial charge in [-0.2, -0.15) is 11.8 Å². The molecule has 0 bridgehead atoms. The molecule has 1 aliphatic rings. The highest BCUT2D eigenvalue weighted by molar-refractivity contribution is 7.99. The Morgan fingerprint density at radius 3 is 2.59 bits per heavy atom. The minimum absolute atomic E-state index is 0.0107. The van der Waals surface area contributed by atoms with Gasteiger partial charge in [-0.3, -0.25) is 4.79 Å². The Morgan fingerprint density at radius 2 is 2.06 bits per heavy atom. The molecular formula is C12H13F2NOS. The molecule has 5 heteroatoms. The first-order valence-electron chi connectivity index (χ1n) is 5.42. The lowest BCUT2D eigenvalue weighted by atomic mass is 10.1. The lowest BCUT2D eigenvalue weighted by Gasteiger charge is -2.35. The first-order valence-corrected chi connectivity index (χ1v) is 6.57. The van der Waals surface area contributed by atoms with Crippen molar-refractivity contribution in [3.63, 3.8) is 0 Å². The van der Waals surface area contributed by atoms with Crippen molar-refractivity contribution in [2.24, 2.45) is 0 Å². The summed E-state index contributed by atoms with van der Waals surface area (Å²) in [5.74, 6) is 0.393. The number of halogens is 2. The Balaban J connectivity index is 2.40. The van der Waals surface area contributed by atoms with Crippen molar-refractivity contribution < 1.29 is 13.6 Å². The van der Waals surface area contributed by atoms with E-state index in [0.29, 0.717) is 12.8 Å². The Labute approximate surface area is 103 Å². The molecule has 0 spiro atoms. The number of nitrogens with zero attached hydrogens (tertiary/aromatic N) is 1. The van der Waals surface area contributed by atoms with Crippen LogP contribution in [0.25, 0.3) is 0 Å². The average molecular weight is 257 g/mol. The first kappa shape index (κ1) is 12.4. The number of benzene rings is 1. The second-order valence-corrected chi connectivity index (χ2v) is 5.22. The van der Waals surface area contributed by atoms with Gasteiger partial charge in [0.2, 0.25) is 0 Å². The summed E-state index contributed by atoms with van der Waals surface area (Å²) in [4.78, 5) is 12.2. The highest BCUT2D eigenvalue weighted by Crippen LogP contribution is 2.29. The van der Waals surface area contributed by atoms with E-state index in [9.17, 15) is 13.6 Å². The highest BCUT2D eigenvalue weighted by atomic mass is 32.2. The van der Waals surface area contributed by atoms with Crippen LogP contribution in [0.4, 0.5) is 14.5 Å². The van der Waals surface area contributed by atoms with Crippen LogP contribution < -0.4 is 4.90 Å². The van der Waals surface area contributed by atoms with E-state index in [0.717, 1.165) is 23.6 Å². The van der Waals surface area contributed by atoms with Crippen molar-refractivity contribution in [2.45, 2.75) is 13.0 Å². The number of anilines is 1. The molecule has 1 aromatic carbocycles. The van der Waals surface area contributed by atoms with E-state index >= 15 is 0 Å². The topological polar surface area (TPSA) is 20.3 Å². The molecule has 1 atom stereocenters. The summed E-state index contributed by atoms with van der Waals surface area (Å²) >= 11 is 1.78. The maximum atomic E-state index is 13.8. The maximum absolute atomic E-state index is 13.8. The third-order valence-corrected chi connectivity index (χ3v) is 4.02. The zero-order valence-corrected chi connectivity index (χ0v) is 10.3. The highest BCUT2D eigenvalue weighted by Gasteiger charge is 2.24. The van der Waals surface area contributed by atoms with E-state index in [1.165, 1.54) is 0 Å². The van der Waals surface area contributed by atoms with Crippen molar-refractivity contribution in [1.29, 1.82) is 0 Å². The minimum Gasteiger partial charge on any atom is -0.362 e. The van der Waals surface area contributed by atoms with Crippen molar-refractivity contribution >= 4 is 23.7 Å². The number of thioether (sulfide) groups is 1. The molecule has 1 fully saturated rings. The number of aldehydes is 1. The van der Waals surface area contributed by atoms with E-state index in [4.69, 9.17) is 0 Å². The van der Waals surface area contributed by atoms with Gasteiger partial charge in [-0.05, 0) is 19.1 Å². The van der Waals surface area contributed by atoms with Crippen LogP contribution in [0.15, 0.2) is 12.1 Å². The molecule has 1 saturated heterocycles. The molecule has 92 valence electrons. The predicted molar refractivity (Wildman–Crippen MR) is 65.9 cm³/mol. The Bertz CT molecular complexity index is 416. The van der Waals surface area contributed by atoms with Gasteiger partial charge >= 0.3 is 0 Å². The summed E-state index contributed by atoms with van der Waals surface area (Å²) in [5.41, 5.74) is 0.0196. The van der Waals surface area contributed by atoms with Gasteiger partial charge in [0.15, 0.2) is 0 Å². The summed E-state index contributed by atoms with van der Waals surface area (Å²) in [7, 11) is 0. The van der Waals surface area contributed by atoms with Crippen molar-refractivity contribution in [1.82, 2.24) is 0 Å². The molecule has 1 unspecified atom stereocenters. The molecule has 1 aliphatic heterocycles. The van der Waals surface area contributed by atoms with E-state index in [1.54, 1.807) is 16.7 Å². The number of carbonyl (C=O) groups is 1. The zero-order chi connectivity index (χ0) is 12.4. The third kappa shape index (κ3) is 2.44. The quantitative estimate of drug-likeness (QED) is 0.760. The van der Waals surface area contributed by atoms with Crippen molar-refractivity contribution in [3.8, 4) is 0 Å². The normalized spacial score (nSPS) is 20.4. The van der Waals surface area contributed by atoms with E-state index in [-0.39, 0.29) is 17.3 Å². The van der Waals surface area contributed by atoms with E-state index < -0.39 is 11.6 Å². The fourth-order valence-electron chi connectivity index (χ4n) is 1.99. The van der Waals surface area contributed by atoms with Gasteiger partial charge in [-0.1, -0.05) is 0 Å². The molecule has 0 saturated carbocycles. The summed E-state index contributed by atoms with van der Waals surface area (Å²) in [6, 6.07) is 2.26. The van der Waals surface area contributed by atoms with Crippen LogP contribution in [0.2, 0.25) is 0 Å². The van der Waals surface area contributed by atoms with Crippen LogP contribution >= 0.6 is 11.8 Å². The van der Waals surface area contributed by atoms with E-state index in [1.807, 2.05) is 6.92 Å². The lowest BCUT2D eigenvalue weighted by Crippen LogP contribution is -2.41. The maximum Gasteiger partial charge on any atom is 0.150 e. The number of hydrogen-bond donors (Lipinski definition) is 0. The molecule has 0 amide bonds. The predicted octanol–water partition coefficient (Wildman–Crippen LogP) is 2.72. The molecule has 0 aliphatic carbocycles. The Hall–Kier alpha value is -1.10. The monoisotopic (exact) mass is 257 g/mol. The summed E-state index contributed by atoms with van der Waals surface area (Å²) < 4.78 is 27.6. The molecule has 0 N–H and O–H groups in total. The Kier molecular flexibility index (Phi) is 3.66. The van der Waals surface area contributed by atoms with Gasteiger partial charge in [-0.25, -0.2) is 8.78 Å². The van der Waals surface area contributed by atoms with Gasteiger partial charge in [0.05, 0.1) is 0 Å². The van der Waals surface area contributed by atoms with Crippen molar-refractivity contribution in [3.05, 3.63) is 29.3 Å². The van der Waals surface area contributed by atoms with Crippen LogP contribution in [0.1, 0.15) is 17.3 Å².